The number of piperidine rings is 1. The highest BCUT2D eigenvalue weighted by molar-refractivity contribution is 5.76. The summed E-state index contributed by atoms with van der Waals surface area (Å²) in [5.41, 5.74) is 0. The summed E-state index contributed by atoms with van der Waals surface area (Å²) in [6.45, 7) is 5.07. The third kappa shape index (κ3) is 3.36. The first-order chi connectivity index (χ1) is 8.70. The predicted molar refractivity (Wildman–Crippen MR) is 72.7 cm³/mol. The van der Waals surface area contributed by atoms with Gasteiger partial charge in [0.1, 0.15) is 0 Å². The molecule has 5 nitrogen and oxygen atoms in total. The summed E-state index contributed by atoms with van der Waals surface area (Å²) in [4.78, 5) is 16.2. The first kappa shape index (κ1) is 13.6. The molecule has 2 rings (SSSR count). The average molecular weight is 254 g/mol. The van der Waals surface area contributed by atoms with Crippen molar-refractivity contribution in [1.82, 2.24) is 20.4 Å². The van der Waals surface area contributed by atoms with Gasteiger partial charge in [0.25, 0.3) is 0 Å². The Bertz CT molecular complexity index is 276. The fourth-order valence-electron chi connectivity index (χ4n) is 2.95. The van der Waals surface area contributed by atoms with Gasteiger partial charge in [-0.25, -0.2) is 4.79 Å². The number of likely N-dealkylation sites (tertiary alicyclic amines) is 1. The lowest BCUT2D eigenvalue weighted by molar-refractivity contribution is 0.191. The van der Waals surface area contributed by atoms with Crippen molar-refractivity contribution >= 4 is 6.03 Å². The van der Waals surface area contributed by atoms with E-state index < -0.39 is 0 Å². The number of urea groups is 1. The molecule has 0 spiro atoms. The van der Waals surface area contributed by atoms with Gasteiger partial charge >= 0.3 is 6.03 Å². The Kier molecular flexibility index (Phi) is 4.83. The van der Waals surface area contributed by atoms with Crippen LogP contribution in [0.5, 0.6) is 0 Å². The van der Waals surface area contributed by atoms with E-state index >= 15 is 0 Å². The molecule has 0 aromatic carbocycles. The lowest BCUT2D eigenvalue weighted by atomic mass is 9.90. The van der Waals surface area contributed by atoms with Gasteiger partial charge in [0.2, 0.25) is 0 Å². The average Bonchev–Trinajstić information content (AvgIpc) is 2.72. The molecule has 0 aliphatic carbocycles. The minimum atomic E-state index is 0.134. The molecule has 1 unspecified atom stereocenters. The highest BCUT2D eigenvalue weighted by Gasteiger charge is 2.34. The van der Waals surface area contributed by atoms with Crippen molar-refractivity contribution in [2.45, 2.75) is 25.3 Å². The molecule has 2 heterocycles. The van der Waals surface area contributed by atoms with Crippen LogP contribution in [0, 0.1) is 5.92 Å². The Hall–Kier alpha value is -0.810. The van der Waals surface area contributed by atoms with Crippen LogP contribution in [-0.4, -0.2) is 68.7 Å². The molecule has 0 aromatic heterocycles. The molecule has 2 aliphatic heterocycles. The molecule has 2 aliphatic rings. The van der Waals surface area contributed by atoms with Gasteiger partial charge in [-0.3, -0.25) is 0 Å². The molecular formula is C13H26N4O. The highest BCUT2D eigenvalue weighted by Crippen LogP contribution is 2.23. The van der Waals surface area contributed by atoms with E-state index in [1.807, 2.05) is 11.9 Å². The smallest absolute Gasteiger partial charge is 0.317 e. The van der Waals surface area contributed by atoms with Crippen molar-refractivity contribution in [3.05, 3.63) is 0 Å². The fourth-order valence-corrected chi connectivity index (χ4v) is 2.95. The maximum atomic E-state index is 11.9. The van der Waals surface area contributed by atoms with Crippen LogP contribution in [0.15, 0.2) is 0 Å². The predicted octanol–water partition coefficient (Wildman–Crippen LogP) is 0.332. The summed E-state index contributed by atoms with van der Waals surface area (Å²) >= 11 is 0. The van der Waals surface area contributed by atoms with Crippen molar-refractivity contribution in [1.29, 1.82) is 0 Å². The monoisotopic (exact) mass is 254 g/mol. The number of carbonyl (C=O) groups excluding carboxylic acids is 1. The zero-order valence-corrected chi connectivity index (χ0v) is 11.6. The SMILES string of the molecule is CNCCCN1CC(C2CCN(C)CC2)NC1=O. The molecule has 104 valence electrons. The molecule has 0 radical (unpaired) electrons. The number of hydrogen-bond donors (Lipinski definition) is 2. The second kappa shape index (κ2) is 6.38. The summed E-state index contributed by atoms with van der Waals surface area (Å²) in [5, 5.41) is 6.29. The molecule has 0 saturated carbocycles. The van der Waals surface area contributed by atoms with Crippen LogP contribution in [0.2, 0.25) is 0 Å². The number of nitrogens with zero attached hydrogens (tertiary/aromatic N) is 2. The molecule has 0 bridgehead atoms. The number of nitrogens with one attached hydrogen (secondary N) is 2. The fraction of sp³-hybridized carbons (Fsp3) is 0.923. The van der Waals surface area contributed by atoms with Crippen molar-refractivity contribution in [2.24, 2.45) is 5.92 Å². The molecular weight excluding hydrogens is 228 g/mol. The Morgan fingerprint density at radius 3 is 2.78 bits per heavy atom. The number of amides is 2. The molecule has 2 N–H and O–H groups in total. The second-order valence-electron chi connectivity index (χ2n) is 5.60. The summed E-state index contributed by atoms with van der Waals surface area (Å²) in [6, 6.07) is 0.510. The van der Waals surface area contributed by atoms with Gasteiger partial charge in [0.05, 0.1) is 6.04 Å². The van der Waals surface area contributed by atoms with Crippen molar-refractivity contribution in [3.63, 3.8) is 0 Å². The minimum Gasteiger partial charge on any atom is -0.333 e. The standard InChI is InChI=1S/C13H26N4O/c1-14-6-3-7-17-10-12(15-13(17)18)11-4-8-16(2)9-5-11/h11-12,14H,3-10H2,1-2H3,(H,15,18). The normalized spacial score (nSPS) is 26.7. The van der Waals surface area contributed by atoms with Crippen LogP contribution in [0.3, 0.4) is 0 Å². The van der Waals surface area contributed by atoms with Gasteiger partial charge in [-0.2, -0.15) is 0 Å². The Morgan fingerprint density at radius 2 is 2.11 bits per heavy atom. The quantitative estimate of drug-likeness (QED) is 0.695. The van der Waals surface area contributed by atoms with E-state index in [1.165, 1.54) is 12.8 Å². The molecule has 2 fully saturated rings. The van der Waals surface area contributed by atoms with Crippen molar-refractivity contribution in [3.8, 4) is 0 Å². The zero-order valence-electron chi connectivity index (χ0n) is 11.6. The van der Waals surface area contributed by atoms with Crippen molar-refractivity contribution < 1.29 is 4.79 Å². The lowest BCUT2D eigenvalue weighted by Gasteiger charge is -2.32. The summed E-state index contributed by atoms with van der Waals surface area (Å²) < 4.78 is 0. The Labute approximate surface area is 110 Å². The number of hydrogen-bond acceptors (Lipinski definition) is 3. The van der Waals surface area contributed by atoms with Gasteiger partial charge < -0.3 is 20.4 Å². The van der Waals surface area contributed by atoms with Crippen LogP contribution in [0.1, 0.15) is 19.3 Å². The van der Waals surface area contributed by atoms with E-state index in [-0.39, 0.29) is 6.03 Å². The van der Waals surface area contributed by atoms with E-state index in [9.17, 15) is 4.79 Å². The van der Waals surface area contributed by atoms with Gasteiger partial charge in [-0.15, -0.1) is 0 Å². The molecule has 2 saturated heterocycles. The topological polar surface area (TPSA) is 47.6 Å². The first-order valence-corrected chi connectivity index (χ1v) is 7.09. The van der Waals surface area contributed by atoms with Crippen LogP contribution in [0.25, 0.3) is 0 Å². The third-order valence-corrected chi connectivity index (χ3v) is 4.20. The Morgan fingerprint density at radius 1 is 1.39 bits per heavy atom. The summed E-state index contributed by atoms with van der Waals surface area (Å²) in [7, 11) is 4.12. The minimum absolute atomic E-state index is 0.134. The molecule has 0 aromatic rings. The number of rotatable bonds is 5. The maximum absolute atomic E-state index is 11.9. The summed E-state index contributed by atoms with van der Waals surface area (Å²) in [5.74, 6) is 0.666. The molecule has 1 atom stereocenters. The van der Waals surface area contributed by atoms with Gasteiger partial charge in [0.15, 0.2) is 0 Å². The molecule has 5 heteroatoms. The van der Waals surface area contributed by atoms with E-state index in [2.05, 4.69) is 22.6 Å². The highest BCUT2D eigenvalue weighted by atomic mass is 16.2. The lowest BCUT2D eigenvalue weighted by Crippen LogP contribution is -2.41. The van der Waals surface area contributed by atoms with Crippen LogP contribution >= 0.6 is 0 Å². The van der Waals surface area contributed by atoms with E-state index in [0.29, 0.717) is 12.0 Å². The van der Waals surface area contributed by atoms with Crippen molar-refractivity contribution in [2.75, 3.05) is 46.8 Å². The second-order valence-corrected chi connectivity index (χ2v) is 5.60. The van der Waals surface area contributed by atoms with E-state index in [4.69, 9.17) is 0 Å². The number of carbonyl (C=O) groups is 1. The molecule has 18 heavy (non-hydrogen) atoms. The van der Waals surface area contributed by atoms with Crippen LogP contribution in [-0.2, 0) is 0 Å². The largest absolute Gasteiger partial charge is 0.333 e. The van der Waals surface area contributed by atoms with Gasteiger partial charge in [0, 0.05) is 13.1 Å². The van der Waals surface area contributed by atoms with Crippen LogP contribution < -0.4 is 10.6 Å². The first-order valence-electron chi connectivity index (χ1n) is 7.09. The van der Waals surface area contributed by atoms with Crippen LogP contribution in [0.4, 0.5) is 4.79 Å². The summed E-state index contributed by atoms with van der Waals surface area (Å²) in [6.07, 6.45) is 3.46. The third-order valence-electron chi connectivity index (χ3n) is 4.20. The maximum Gasteiger partial charge on any atom is 0.317 e. The van der Waals surface area contributed by atoms with E-state index in [0.717, 1.165) is 39.1 Å². The zero-order chi connectivity index (χ0) is 13.0. The van der Waals surface area contributed by atoms with Gasteiger partial charge in [-0.05, 0) is 58.9 Å². The Balaban J connectivity index is 1.77. The van der Waals surface area contributed by atoms with E-state index in [1.54, 1.807) is 0 Å². The molecule has 2 amide bonds. The van der Waals surface area contributed by atoms with Gasteiger partial charge in [-0.1, -0.05) is 0 Å².